The van der Waals surface area contributed by atoms with Crippen LogP contribution < -0.4 is 15.5 Å². The van der Waals surface area contributed by atoms with Gasteiger partial charge in [-0.3, -0.25) is 9.59 Å². The first-order valence-electron chi connectivity index (χ1n) is 9.62. The van der Waals surface area contributed by atoms with E-state index >= 15 is 0 Å². The van der Waals surface area contributed by atoms with E-state index in [9.17, 15) is 9.59 Å². The summed E-state index contributed by atoms with van der Waals surface area (Å²) in [5, 5.41) is 5.46. The van der Waals surface area contributed by atoms with E-state index in [1.54, 1.807) is 0 Å². The largest absolute Gasteiger partial charge is 0.372 e. The number of carbonyl (C=O) groups is 2. The number of benzene rings is 2. The summed E-state index contributed by atoms with van der Waals surface area (Å²) in [5.74, 6) is -1.32. The maximum Gasteiger partial charge on any atom is 0.314 e. The number of aryl methyl sites for hydroxylation is 2. The number of anilines is 3. The van der Waals surface area contributed by atoms with Crippen LogP contribution in [0, 0.1) is 0 Å². The van der Waals surface area contributed by atoms with Crippen molar-refractivity contribution in [2.45, 2.75) is 40.5 Å². The van der Waals surface area contributed by atoms with Crippen molar-refractivity contribution in [3.8, 4) is 0 Å². The second kappa shape index (κ2) is 9.76. The highest BCUT2D eigenvalue weighted by Gasteiger charge is 2.17. The van der Waals surface area contributed by atoms with Gasteiger partial charge in [0.25, 0.3) is 0 Å². The average molecular weight is 367 g/mol. The molecule has 2 amide bonds. The lowest BCUT2D eigenvalue weighted by Crippen LogP contribution is -2.30. The topological polar surface area (TPSA) is 61.4 Å². The Morgan fingerprint density at radius 2 is 1.30 bits per heavy atom. The lowest BCUT2D eigenvalue weighted by atomic mass is 10.0. The molecule has 0 heterocycles. The molecule has 2 aromatic rings. The Labute approximate surface area is 161 Å². The van der Waals surface area contributed by atoms with Crippen LogP contribution in [0.3, 0.4) is 0 Å². The molecule has 0 fully saturated rings. The van der Waals surface area contributed by atoms with E-state index in [1.165, 1.54) is 0 Å². The molecule has 0 saturated carbocycles. The fourth-order valence-electron chi connectivity index (χ4n) is 3.11. The van der Waals surface area contributed by atoms with E-state index in [0.717, 1.165) is 48.4 Å². The van der Waals surface area contributed by atoms with Gasteiger partial charge in [0.2, 0.25) is 0 Å². The highest BCUT2D eigenvalue weighted by atomic mass is 16.2. The van der Waals surface area contributed by atoms with Gasteiger partial charge < -0.3 is 15.5 Å². The van der Waals surface area contributed by atoms with Crippen LogP contribution in [0.5, 0.6) is 0 Å². The van der Waals surface area contributed by atoms with E-state index < -0.39 is 11.8 Å². The van der Waals surface area contributed by atoms with Gasteiger partial charge in [-0.05, 0) is 62.1 Å². The molecule has 0 saturated heterocycles. The van der Waals surface area contributed by atoms with Gasteiger partial charge in [-0.25, -0.2) is 0 Å². The molecular formula is C22H29N3O2. The molecule has 27 heavy (non-hydrogen) atoms. The fourth-order valence-corrected chi connectivity index (χ4v) is 3.11. The Bertz CT molecular complexity index is 758. The van der Waals surface area contributed by atoms with E-state index in [-0.39, 0.29) is 0 Å². The van der Waals surface area contributed by atoms with E-state index in [2.05, 4.69) is 29.4 Å². The third-order valence-corrected chi connectivity index (χ3v) is 4.70. The van der Waals surface area contributed by atoms with Gasteiger partial charge in [0, 0.05) is 30.2 Å². The summed E-state index contributed by atoms with van der Waals surface area (Å²) in [5.41, 5.74) is 4.50. The zero-order valence-corrected chi connectivity index (χ0v) is 16.6. The van der Waals surface area contributed by atoms with Crippen LogP contribution in [0.4, 0.5) is 17.1 Å². The lowest BCUT2D eigenvalue weighted by Gasteiger charge is -2.21. The Kier molecular flexibility index (Phi) is 7.41. The molecule has 0 bridgehead atoms. The maximum atomic E-state index is 12.4. The Morgan fingerprint density at radius 1 is 0.778 bits per heavy atom. The normalized spacial score (nSPS) is 10.4. The summed E-state index contributed by atoms with van der Waals surface area (Å²) in [6.07, 6.45) is 1.58. The van der Waals surface area contributed by atoms with Crippen molar-refractivity contribution >= 4 is 28.9 Å². The van der Waals surface area contributed by atoms with Crippen molar-refractivity contribution in [1.82, 2.24) is 0 Å². The number of hydrogen-bond acceptors (Lipinski definition) is 3. The smallest absolute Gasteiger partial charge is 0.314 e. The van der Waals surface area contributed by atoms with Gasteiger partial charge in [0.05, 0.1) is 0 Å². The van der Waals surface area contributed by atoms with Crippen LogP contribution in [0.15, 0.2) is 42.5 Å². The zero-order chi connectivity index (χ0) is 19.8. The average Bonchev–Trinajstić information content (AvgIpc) is 2.70. The summed E-state index contributed by atoms with van der Waals surface area (Å²) < 4.78 is 0. The molecule has 0 unspecified atom stereocenters. The first-order valence-corrected chi connectivity index (χ1v) is 9.62. The van der Waals surface area contributed by atoms with Crippen LogP contribution in [0.1, 0.15) is 38.8 Å². The molecule has 0 aromatic heterocycles. The standard InChI is InChI=1S/C22H29N3O2/c1-5-16-10-9-11-17(6-2)20(16)24-22(27)21(26)23-18-12-14-19(15-13-18)25(7-3)8-4/h9-15H,5-8H2,1-4H3,(H,23,26)(H,24,27). The van der Waals surface area contributed by atoms with Crippen LogP contribution in [-0.2, 0) is 22.4 Å². The van der Waals surface area contributed by atoms with E-state index in [4.69, 9.17) is 0 Å². The van der Waals surface area contributed by atoms with Crippen LogP contribution in [-0.4, -0.2) is 24.9 Å². The van der Waals surface area contributed by atoms with Crippen molar-refractivity contribution in [2.24, 2.45) is 0 Å². The Morgan fingerprint density at radius 3 is 1.78 bits per heavy atom. The van der Waals surface area contributed by atoms with Crippen LogP contribution in [0.25, 0.3) is 0 Å². The molecule has 5 nitrogen and oxygen atoms in total. The number of hydrogen-bond donors (Lipinski definition) is 2. The molecule has 0 aliphatic heterocycles. The molecular weight excluding hydrogens is 338 g/mol. The molecule has 0 aliphatic carbocycles. The second-order valence-corrected chi connectivity index (χ2v) is 6.29. The quantitative estimate of drug-likeness (QED) is 0.720. The van der Waals surface area contributed by atoms with Gasteiger partial charge in [0.15, 0.2) is 0 Å². The number of carbonyl (C=O) groups excluding carboxylic acids is 2. The van der Waals surface area contributed by atoms with Gasteiger partial charge in [-0.2, -0.15) is 0 Å². The molecule has 0 radical (unpaired) electrons. The molecule has 5 heteroatoms. The fraction of sp³-hybridized carbons (Fsp3) is 0.364. The molecule has 0 aliphatic rings. The predicted octanol–water partition coefficient (Wildman–Crippen LogP) is 4.23. The van der Waals surface area contributed by atoms with Gasteiger partial charge in [-0.1, -0.05) is 32.0 Å². The van der Waals surface area contributed by atoms with Crippen LogP contribution in [0.2, 0.25) is 0 Å². The summed E-state index contributed by atoms with van der Waals surface area (Å²) in [6.45, 7) is 10.1. The first-order chi connectivity index (χ1) is 13.0. The summed E-state index contributed by atoms with van der Waals surface area (Å²) in [4.78, 5) is 26.9. The summed E-state index contributed by atoms with van der Waals surface area (Å²) >= 11 is 0. The molecule has 0 atom stereocenters. The van der Waals surface area contributed by atoms with Crippen molar-refractivity contribution in [3.05, 3.63) is 53.6 Å². The Balaban J connectivity index is 2.07. The summed E-state index contributed by atoms with van der Waals surface area (Å²) in [7, 11) is 0. The molecule has 2 aromatic carbocycles. The minimum absolute atomic E-state index is 0.602. The molecule has 2 rings (SSSR count). The SMILES string of the molecule is CCc1cccc(CC)c1NC(=O)C(=O)Nc1ccc(N(CC)CC)cc1. The number of nitrogens with zero attached hydrogens (tertiary/aromatic N) is 1. The number of para-hydroxylation sites is 1. The number of rotatable bonds is 7. The van der Waals surface area contributed by atoms with E-state index in [1.807, 2.05) is 56.3 Å². The van der Waals surface area contributed by atoms with Gasteiger partial charge in [0.1, 0.15) is 0 Å². The van der Waals surface area contributed by atoms with Crippen molar-refractivity contribution < 1.29 is 9.59 Å². The molecule has 144 valence electrons. The van der Waals surface area contributed by atoms with Gasteiger partial charge in [-0.15, -0.1) is 0 Å². The molecule has 2 N–H and O–H groups in total. The minimum Gasteiger partial charge on any atom is -0.372 e. The van der Waals surface area contributed by atoms with E-state index in [0.29, 0.717) is 5.69 Å². The number of nitrogens with one attached hydrogen (secondary N) is 2. The maximum absolute atomic E-state index is 12.4. The van der Waals surface area contributed by atoms with Gasteiger partial charge >= 0.3 is 11.8 Å². The minimum atomic E-state index is -0.668. The highest BCUT2D eigenvalue weighted by molar-refractivity contribution is 6.43. The highest BCUT2D eigenvalue weighted by Crippen LogP contribution is 2.23. The zero-order valence-electron chi connectivity index (χ0n) is 16.6. The van der Waals surface area contributed by atoms with Crippen molar-refractivity contribution in [1.29, 1.82) is 0 Å². The predicted molar refractivity (Wildman–Crippen MR) is 112 cm³/mol. The lowest BCUT2D eigenvalue weighted by molar-refractivity contribution is -0.133. The Hall–Kier alpha value is -2.82. The monoisotopic (exact) mass is 367 g/mol. The second-order valence-electron chi connectivity index (χ2n) is 6.29. The first kappa shape index (κ1) is 20.5. The summed E-state index contributed by atoms with van der Waals surface area (Å²) in [6, 6.07) is 13.4. The van der Waals surface area contributed by atoms with Crippen molar-refractivity contribution in [3.63, 3.8) is 0 Å². The van der Waals surface area contributed by atoms with Crippen LogP contribution >= 0.6 is 0 Å². The molecule has 0 spiro atoms. The third-order valence-electron chi connectivity index (χ3n) is 4.70. The third kappa shape index (κ3) is 5.09. The van der Waals surface area contributed by atoms with Crippen molar-refractivity contribution in [2.75, 3.05) is 28.6 Å². The number of amides is 2.